The van der Waals surface area contributed by atoms with Gasteiger partial charge in [-0.15, -0.1) is 0 Å². The number of hydrogen-bond donors (Lipinski definition) is 1. The molecule has 1 aliphatic rings. The summed E-state index contributed by atoms with van der Waals surface area (Å²) in [6.07, 6.45) is 0. The molecule has 1 heterocycles. The van der Waals surface area contributed by atoms with Gasteiger partial charge in [-0.2, -0.15) is 0 Å². The minimum absolute atomic E-state index is 0.0641. The summed E-state index contributed by atoms with van der Waals surface area (Å²) in [6.45, 7) is 5.36. The lowest BCUT2D eigenvalue weighted by Gasteiger charge is -2.40. The average Bonchev–Trinajstić information content (AvgIpc) is 2.33. The van der Waals surface area contributed by atoms with Crippen molar-refractivity contribution in [2.45, 2.75) is 32.4 Å². The Hall–Kier alpha value is -1.55. The first-order valence-corrected chi connectivity index (χ1v) is 6.57. The van der Waals surface area contributed by atoms with Crippen LogP contribution in [0.4, 0.5) is 0 Å². The van der Waals surface area contributed by atoms with E-state index in [1.807, 2.05) is 25.1 Å². The smallest absolute Gasteiger partial charge is 0.248 e. The first-order chi connectivity index (χ1) is 8.83. The van der Waals surface area contributed by atoms with Crippen LogP contribution in [0.2, 0.25) is 5.02 Å². The highest BCUT2D eigenvalue weighted by Crippen LogP contribution is 2.29. The summed E-state index contributed by atoms with van der Waals surface area (Å²) in [4.78, 5) is 25.7. The minimum atomic E-state index is -0.870. The van der Waals surface area contributed by atoms with Crippen molar-refractivity contribution >= 4 is 23.4 Å². The molecule has 2 rings (SSSR count). The van der Waals surface area contributed by atoms with Crippen molar-refractivity contribution < 1.29 is 9.59 Å². The van der Waals surface area contributed by atoms with Gasteiger partial charge in [0.05, 0.1) is 6.04 Å². The number of piperazine rings is 1. The van der Waals surface area contributed by atoms with Crippen LogP contribution in [0.3, 0.4) is 0 Å². The number of halogens is 1. The van der Waals surface area contributed by atoms with Crippen molar-refractivity contribution in [2.75, 3.05) is 6.54 Å². The summed E-state index contributed by atoms with van der Waals surface area (Å²) in [5, 5.41) is 3.30. The fraction of sp³-hybridized carbons (Fsp3) is 0.429. The number of amides is 2. The zero-order chi connectivity index (χ0) is 14.2. The molecule has 102 valence electrons. The molecule has 5 heteroatoms. The molecule has 1 aromatic carbocycles. The number of carbonyl (C=O) groups excluding carboxylic acids is 2. The molecule has 0 aliphatic carbocycles. The highest BCUT2D eigenvalue weighted by atomic mass is 35.5. The molecule has 0 bridgehead atoms. The summed E-state index contributed by atoms with van der Waals surface area (Å²) in [5.41, 5.74) is -0.0202. The lowest BCUT2D eigenvalue weighted by molar-refractivity contribution is -0.150. The van der Waals surface area contributed by atoms with E-state index >= 15 is 0 Å². The largest absolute Gasteiger partial charge is 0.341 e. The quantitative estimate of drug-likeness (QED) is 0.902. The third-order valence-electron chi connectivity index (χ3n) is 3.38. The van der Waals surface area contributed by atoms with Gasteiger partial charge in [-0.05, 0) is 32.4 Å². The van der Waals surface area contributed by atoms with Gasteiger partial charge in [0, 0.05) is 5.02 Å². The van der Waals surface area contributed by atoms with Crippen molar-refractivity contribution in [1.29, 1.82) is 0 Å². The Labute approximate surface area is 117 Å². The fourth-order valence-electron chi connectivity index (χ4n) is 2.32. The van der Waals surface area contributed by atoms with Gasteiger partial charge in [0.25, 0.3) is 0 Å². The Kier molecular flexibility index (Phi) is 3.54. The Balaban J connectivity index is 2.33. The summed E-state index contributed by atoms with van der Waals surface area (Å²) in [6, 6.07) is 7.14. The molecule has 1 saturated heterocycles. The molecule has 1 unspecified atom stereocenters. The number of carbonyl (C=O) groups is 2. The first-order valence-electron chi connectivity index (χ1n) is 6.19. The van der Waals surface area contributed by atoms with E-state index in [4.69, 9.17) is 11.6 Å². The van der Waals surface area contributed by atoms with Gasteiger partial charge in [-0.25, -0.2) is 0 Å². The summed E-state index contributed by atoms with van der Waals surface area (Å²) < 4.78 is 0. The van der Waals surface area contributed by atoms with Gasteiger partial charge in [0.1, 0.15) is 12.1 Å². The summed E-state index contributed by atoms with van der Waals surface area (Å²) in [7, 11) is 0. The number of rotatable bonds is 2. The molecule has 19 heavy (non-hydrogen) atoms. The van der Waals surface area contributed by atoms with Gasteiger partial charge in [0.15, 0.2) is 0 Å². The maximum Gasteiger partial charge on any atom is 0.248 e. The number of benzene rings is 1. The Morgan fingerprint density at radius 1 is 1.32 bits per heavy atom. The molecule has 1 aromatic rings. The predicted octanol–water partition coefficient (Wildman–Crippen LogP) is 2.14. The Morgan fingerprint density at radius 3 is 2.58 bits per heavy atom. The lowest BCUT2D eigenvalue weighted by Crippen LogP contribution is -2.64. The second-order valence-electron chi connectivity index (χ2n) is 5.30. The van der Waals surface area contributed by atoms with Crippen molar-refractivity contribution in [3.63, 3.8) is 0 Å². The molecule has 1 atom stereocenters. The second-order valence-corrected chi connectivity index (χ2v) is 5.71. The van der Waals surface area contributed by atoms with Gasteiger partial charge < -0.3 is 10.2 Å². The SMILES string of the molecule is CC(c1ccccc1Cl)N1CC(=O)NC(C)(C)C1=O. The maximum atomic E-state index is 12.4. The number of hydrogen-bond acceptors (Lipinski definition) is 2. The molecule has 0 saturated carbocycles. The van der Waals surface area contributed by atoms with E-state index in [1.54, 1.807) is 24.8 Å². The zero-order valence-corrected chi connectivity index (χ0v) is 12.0. The third-order valence-corrected chi connectivity index (χ3v) is 3.73. The standard InChI is InChI=1S/C14H17ClN2O2/c1-9(10-6-4-5-7-11(10)15)17-8-12(18)16-14(2,3)13(17)19/h4-7,9H,8H2,1-3H3,(H,16,18). The van der Waals surface area contributed by atoms with Crippen LogP contribution >= 0.6 is 11.6 Å². The van der Waals surface area contributed by atoms with E-state index in [2.05, 4.69) is 5.32 Å². The van der Waals surface area contributed by atoms with Crippen LogP contribution in [0.1, 0.15) is 32.4 Å². The van der Waals surface area contributed by atoms with E-state index in [-0.39, 0.29) is 24.4 Å². The molecule has 1 fully saturated rings. The molecule has 0 spiro atoms. The maximum absolute atomic E-state index is 12.4. The van der Waals surface area contributed by atoms with Gasteiger partial charge >= 0.3 is 0 Å². The average molecular weight is 281 g/mol. The second kappa shape index (κ2) is 4.85. The van der Waals surface area contributed by atoms with Crippen molar-refractivity contribution in [1.82, 2.24) is 10.2 Å². The van der Waals surface area contributed by atoms with Crippen molar-refractivity contribution in [3.8, 4) is 0 Å². The highest BCUT2D eigenvalue weighted by Gasteiger charge is 2.41. The number of nitrogens with one attached hydrogen (secondary N) is 1. The van der Waals surface area contributed by atoms with E-state index in [1.165, 1.54) is 0 Å². The fourth-order valence-corrected chi connectivity index (χ4v) is 2.62. The molecular formula is C14H17ClN2O2. The van der Waals surface area contributed by atoms with Crippen molar-refractivity contribution in [2.24, 2.45) is 0 Å². The summed E-state index contributed by atoms with van der Waals surface area (Å²) in [5.74, 6) is -0.247. The van der Waals surface area contributed by atoms with Gasteiger partial charge in [0.2, 0.25) is 11.8 Å². The van der Waals surface area contributed by atoms with E-state index < -0.39 is 5.54 Å². The predicted molar refractivity (Wildman–Crippen MR) is 73.8 cm³/mol. The lowest BCUT2D eigenvalue weighted by atomic mass is 9.97. The number of nitrogens with zero attached hydrogens (tertiary/aromatic N) is 1. The molecule has 2 amide bonds. The van der Waals surface area contributed by atoms with Crippen LogP contribution in [0.15, 0.2) is 24.3 Å². The van der Waals surface area contributed by atoms with Crippen LogP contribution in [-0.4, -0.2) is 28.8 Å². The van der Waals surface area contributed by atoms with Gasteiger partial charge in [-0.3, -0.25) is 9.59 Å². The molecule has 4 nitrogen and oxygen atoms in total. The van der Waals surface area contributed by atoms with Crippen LogP contribution in [0.25, 0.3) is 0 Å². The van der Waals surface area contributed by atoms with Crippen LogP contribution < -0.4 is 5.32 Å². The van der Waals surface area contributed by atoms with Crippen LogP contribution in [-0.2, 0) is 9.59 Å². The molecule has 0 radical (unpaired) electrons. The van der Waals surface area contributed by atoms with E-state index in [0.29, 0.717) is 5.02 Å². The first kappa shape index (κ1) is 13.9. The topological polar surface area (TPSA) is 49.4 Å². The van der Waals surface area contributed by atoms with Crippen LogP contribution in [0.5, 0.6) is 0 Å². The van der Waals surface area contributed by atoms with E-state index in [0.717, 1.165) is 5.56 Å². The van der Waals surface area contributed by atoms with Crippen LogP contribution in [0, 0.1) is 0 Å². The minimum Gasteiger partial charge on any atom is -0.341 e. The van der Waals surface area contributed by atoms with E-state index in [9.17, 15) is 9.59 Å². The molecule has 1 N–H and O–H groups in total. The zero-order valence-electron chi connectivity index (χ0n) is 11.2. The normalized spacial score (nSPS) is 20.1. The highest BCUT2D eigenvalue weighted by molar-refractivity contribution is 6.31. The van der Waals surface area contributed by atoms with Crippen molar-refractivity contribution in [3.05, 3.63) is 34.9 Å². The Bertz CT molecular complexity index is 528. The third kappa shape index (κ3) is 2.59. The van der Waals surface area contributed by atoms with Gasteiger partial charge in [-0.1, -0.05) is 29.8 Å². The Morgan fingerprint density at radius 2 is 1.95 bits per heavy atom. The molecule has 1 aliphatic heterocycles. The summed E-state index contributed by atoms with van der Waals surface area (Å²) >= 11 is 6.15. The monoisotopic (exact) mass is 280 g/mol. The molecule has 0 aromatic heterocycles. The molecular weight excluding hydrogens is 264 g/mol.